The van der Waals surface area contributed by atoms with Gasteiger partial charge in [0.15, 0.2) is 0 Å². The van der Waals surface area contributed by atoms with Crippen LogP contribution >= 0.6 is 0 Å². The number of nitrogens with one attached hydrogen (secondary N) is 1. The van der Waals surface area contributed by atoms with Crippen LogP contribution in [0.2, 0.25) is 0 Å². The highest BCUT2D eigenvalue weighted by molar-refractivity contribution is 6.05. The Morgan fingerprint density at radius 3 is 2.71 bits per heavy atom. The number of rotatable bonds is 4. The molecule has 0 aliphatic rings. The zero-order chi connectivity index (χ0) is 15.4. The molecular weight excluding hydrogens is 264 g/mol. The number of aryl methyl sites for hydroxylation is 2. The second-order valence-electron chi connectivity index (χ2n) is 4.87. The van der Waals surface area contributed by atoms with Crippen molar-refractivity contribution in [1.82, 2.24) is 0 Å². The van der Waals surface area contributed by atoms with Crippen LogP contribution in [0.25, 0.3) is 0 Å². The second-order valence-corrected chi connectivity index (χ2v) is 4.87. The van der Waals surface area contributed by atoms with E-state index in [0.29, 0.717) is 17.0 Å². The smallest absolute Gasteiger partial charge is 0.255 e. The maximum atomic E-state index is 12.4. The summed E-state index contributed by atoms with van der Waals surface area (Å²) in [5.74, 6) is 0.334. The lowest BCUT2D eigenvalue weighted by atomic mass is 10.1. The number of hydrogen-bond acceptors (Lipinski definition) is 3. The molecule has 0 unspecified atom stereocenters. The van der Waals surface area contributed by atoms with Crippen LogP contribution in [-0.4, -0.2) is 13.0 Å². The molecule has 0 spiro atoms. The fraction of sp³-hybridized carbons (Fsp3) is 0.235. The monoisotopic (exact) mass is 284 g/mol. The van der Waals surface area contributed by atoms with Crippen molar-refractivity contribution in [3.63, 3.8) is 0 Å². The van der Waals surface area contributed by atoms with Gasteiger partial charge in [-0.2, -0.15) is 0 Å². The van der Waals surface area contributed by atoms with Crippen LogP contribution < -0.4 is 15.8 Å². The van der Waals surface area contributed by atoms with Crippen molar-refractivity contribution in [1.29, 1.82) is 0 Å². The van der Waals surface area contributed by atoms with E-state index in [1.807, 2.05) is 25.1 Å². The van der Waals surface area contributed by atoms with E-state index in [1.54, 1.807) is 18.2 Å². The van der Waals surface area contributed by atoms with E-state index in [0.717, 1.165) is 23.2 Å². The summed E-state index contributed by atoms with van der Waals surface area (Å²) in [4.78, 5) is 12.4. The van der Waals surface area contributed by atoms with E-state index in [-0.39, 0.29) is 5.91 Å². The van der Waals surface area contributed by atoms with Crippen LogP contribution in [0.4, 0.5) is 11.4 Å². The number of carbonyl (C=O) groups is 1. The van der Waals surface area contributed by atoms with Crippen LogP contribution in [0.3, 0.4) is 0 Å². The summed E-state index contributed by atoms with van der Waals surface area (Å²) >= 11 is 0. The fourth-order valence-corrected chi connectivity index (χ4v) is 2.24. The average molecular weight is 284 g/mol. The summed E-state index contributed by atoms with van der Waals surface area (Å²) in [6, 6.07) is 11.0. The number of benzene rings is 2. The number of nitrogens with two attached hydrogens (primary N) is 1. The Morgan fingerprint density at radius 2 is 2.05 bits per heavy atom. The molecule has 0 heterocycles. The summed E-state index contributed by atoms with van der Waals surface area (Å²) < 4.78 is 5.15. The number of anilines is 2. The minimum Gasteiger partial charge on any atom is -0.495 e. The molecule has 21 heavy (non-hydrogen) atoms. The normalized spacial score (nSPS) is 10.2. The highest BCUT2D eigenvalue weighted by atomic mass is 16.5. The summed E-state index contributed by atoms with van der Waals surface area (Å²) in [6.45, 7) is 4.05. The first-order valence-corrected chi connectivity index (χ1v) is 6.90. The molecule has 2 rings (SSSR count). The van der Waals surface area contributed by atoms with Crippen molar-refractivity contribution in [3.8, 4) is 5.75 Å². The van der Waals surface area contributed by atoms with Gasteiger partial charge in [-0.25, -0.2) is 0 Å². The maximum absolute atomic E-state index is 12.4. The Bertz CT molecular complexity index is 666. The topological polar surface area (TPSA) is 64.4 Å². The quantitative estimate of drug-likeness (QED) is 0.846. The lowest BCUT2D eigenvalue weighted by Crippen LogP contribution is -2.14. The minimum absolute atomic E-state index is 0.169. The van der Waals surface area contributed by atoms with Gasteiger partial charge in [-0.1, -0.05) is 25.1 Å². The van der Waals surface area contributed by atoms with Crippen LogP contribution in [0.1, 0.15) is 28.4 Å². The molecule has 0 radical (unpaired) electrons. The summed E-state index contributed by atoms with van der Waals surface area (Å²) in [6.07, 6.45) is 0.863. The third-order valence-electron chi connectivity index (χ3n) is 3.47. The zero-order valence-corrected chi connectivity index (χ0v) is 12.6. The highest BCUT2D eigenvalue weighted by Crippen LogP contribution is 2.25. The Hall–Kier alpha value is -2.49. The third-order valence-corrected chi connectivity index (χ3v) is 3.47. The number of para-hydroxylation sites is 1. The zero-order valence-electron chi connectivity index (χ0n) is 12.6. The molecule has 2 aromatic rings. The summed E-state index contributed by atoms with van der Waals surface area (Å²) in [7, 11) is 1.53. The van der Waals surface area contributed by atoms with Gasteiger partial charge in [-0.3, -0.25) is 4.79 Å². The molecule has 4 nitrogen and oxygen atoms in total. The largest absolute Gasteiger partial charge is 0.495 e. The molecule has 0 atom stereocenters. The number of methoxy groups -OCH3 is 1. The van der Waals surface area contributed by atoms with E-state index in [4.69, 9.17) is 10.5 Å². The van der Waals surface area contributed by atoms with Crippen LogP contribution in [0, 0.1) is 6.92 Å². The van der Waals surface area contributed by atoms with E-state index in [9.17, 15) is 4.79 Å². The van der Waals surface area contributed by atoms with Gasteiger partial charge in [0.2, 0.25) is 0 Å². The molecule has 0 aromatic heterocycles. The number of amides is 1. The first-order chi connectivity index (χ1) is 10.1. The molecule has 0 saturated heterocycles. The lowest BCUT2D eigenvalue weighted by molar-refractivity contribution is 0.102. The standard InChI is InChI=1S/C17H20N2O2/c1-4-12-7-5-6-11(2)16(12)19-17(20)13-8-9-14(18)15(10-13)21-3/h5-10H,4,18H2,1-3H3,(H,19,20). The SMILES string of the molecule is CCc1cccc(C)c1NC(=O)c1ccc(N)c(OC)c1. The molecule has 0 bridgehead atoms. The van der Waals surface area contributed by atoms with E-state index in [2.05, 4.69) is 12.2 Å². The van der Waals surface area contributed by atoms with E-state index < -0.39 is 0 Å². The van der Waals surface area contributed by atoms with Crippen molar-refractivity contribution in [2.24, 2.45) is 0 Å². The number of carbonyl (C=O) groups excluding carboxylic acids is 1. The Balaban J connectivity index is 2.30. The van der Waals surface area contributed by atoms with E-state index >= 15 is 0 Å². The maximum Gasteiger partial charge on any atom is 0.255 e. The molecule has 0 saturated carbocycles. The third kappa shape index (κ3) is 3.16. The molecule has 110 valence electrons. The Kier molecular flexibility index (Phi) is 4.48. The van der Waals surface area contributed by atoms with Gasteiger partial charge in [0.05, 0.1) is 12.8 Å². The van der Waals surface area contributed by atoms with Gasteiger partial charge in [0.1, 0.15) is 5.75 Å². The second kappa shape index (κ2) is 6.31. The predicted octanol–water partition coefficient (Wildman–Crippen LogP) is 3.40. The molecule has 0 aliphatic carbocycles. The van der Waals surface area contributed by atoms with E-state index in [1.165, 1.54) is 7.11 Å². The van der Waals surface area contributed by atoms with Gasteiger partial charge >= 0.3 is 0 Å². The molecule has 3 N–H and O–H groups in total. The van der Waals surface area contributed by atoms with Gasteiger partial charge in [-0.05, 0) is 42.7 Å². The Labute approximate surface area is 124 Å². The molecule has 4 heteroatoms. The predicted molar refractivity (Wildman–Crippen MR) is 85.9 cm³/mol. The van der Waals surface area contributed by atoms with Crippen molar-refractivity contribution in [3.05, 3.63) is 53.1 Å². The average Bonchev–Trinajstić information content (AvgIpc) is 2.49. The summed E-state index contributed by atoms with van der Waals surface area (Å²) in [5, 5.41) is 2.98. The first kappa shape index (κ1) is 14.9. The minimum atomic E-state index is -0.169. The summed E-state index contributed by atoms with van der Waals surface area (Å²) in [5.41, 5.74) is 9.84. The van der Waals surface area contributed by atoms with Crippen molar-refractivity contribution >= 4 is 17.3 Å². The van der Waals surface area contributed by atoms with Gasteiger partial charge < -0.3 is 15.8 Å². The van der Waals surface area contributed by atoms with Crippen LogP contribution in [0.5, 0.6) is 5.75 Å². The van der Waals surface area contributed by atoms with Crippen LogP contribution in [-0.2, 0) is 6.42 Å². The molecule has 0 aliphatic heterocycles. The first-order valence-electron chi connectivity index (χ1n) is 6.90. The molecule has 0 fully saturated rings. The molecule has 2 aromatic carbocycles. The van der Waals surface area contributed by atoms with Crippen LogP contribution in [0.15, 0.2) is 36.4 Å². The lowest BCUT2D eigenvalue weighted by Gasteiger charge is -2.13. The highest BCUT2D eigenvalue weighted by Gasteiger charge is 2.12. The van der Waals surface area contributed by atoms with Crippen molar-refractivity contribution in [2.75, 3.05) is 18.2 Å². The van der Waals surface area contributed by atoms with Gasteiger partial charge in [0.25, 0.3) is 5.91 Å². The van der Waals surface area contributed by atoms with Gasteiger partial charge in [-0.15, -0.1) is 0 Å². The fourth-order valence-electron chi connectivity index (χ4n) is 2.24. The van der Waals surface area contributed by atoms with Gasteiger partial charge in [0, 0.05) is 11.3 Å². The number of ether oxygens (including phenoxy) is 1. The molecule has 1 amide bonds. The van der Waals surface area contributed by atoms with Crippen molar-refractivity contribution in [2.45, 2.75) is 20.3 Å². The number of nitrogen functional groups attached to an aromatic ring is 1. The molecular formula is C17H20N2O2. The number of hydrogen-bond donors (Lipinski definition) is 2. The Morgan fingerprint density at radius 1 is 1.29 bits per heavy atom. The van der Waals surface area contributed by atoms with Crippen molar-refractivity contribution < 1.29 is 9.53 Å².